The van der Waals surface area contributed by atoms with Crippen molar-refractivity contribution in [1.82, 2.24) is 5.43 Å². The van der Waals surface area contributed by atoms with Crippen LogP contribution in [0.3, 0.4) is 0 Å². The molecule has 0 aliphatic heterocycles. The summed E-state index contributed by atoms with van der Waals surface area (Å²) in [4.78, 5) is 12.0. The van der Waals surface area contributed by atoms with Crippen molar-refractivity contribution < 1.29 is 14.3 Å². The van der Waals surface area contributed by atoms with Crippen LogP contribution in [-0.2, 0) is 11.4 Å². The van der Waals surface area contributed by atoms with Gasteiger partial charge in [0.1, 0.15) is 18.1 Å². The van der Waals surface area contributed by atoms with Crippen LogP contribution in [0.2, 0.25) is 5.02 Å². The van der Waals surface area contributed by atoms with Crippen molar-refractivity contribution in [3.05, 3.63) is 93.5 Å². The Morgan fingerprint density at radius 3 is 2.52 bits per heavy atom. The van der Waals surface area contributed by atoms with Crippen molar-refractivity contribution >= 4 is 23.7 Å². The second-order valence-corrected chi connectivity index (χ2v) is 7.64. The monoisotopic (exact) mass is 436 g/mol. The number of halogens is 1. The minimum Gasteiger partial charge on any atom is -0.489 e. The first-order chi connectivity index (χ1) is 14.9. The average molecular weight is 437 g/mol. The molecule has 0 aromatic heterocycles. The largest absolute Gasteiger partial charge is 0.489 e. The molecule has 3 aromatic carbocycles. The second-order valence-electron chi connectivity index (χ2n) is 7.24. The van der Waals surface area contributed by atoms with Gasteiger partial charge in [0.2, 0.25) is 0 Å². The molecule has 1 N–H and O–H groups in total. The zero-order chi connectivity index (χ0) is 22.2. The van der Waals surface area contributed by atoms with Gasteiger partial charge in [-0.25, -0.2) is 5.43 Å². The summed E-state index contributed by atoms with van der Waals surface area (Å²) in [6, 6.07) is 19.0. The van der Waals surface area contributed by atoms with Gasteiger partial charge >= 0.3 is 0 Å². The van der Waals surface area contributed by atoms with Crippen LogP contribution in [-0.4, -0.2) is 18.7 Å². The number of carbonyl (C=O) groups is 1. The molecule has 0 aliphatic rings. The zero-order valence-corrected chi connectivity index (χ0v) is 18.6. The maximum Gasteiger partial charge on any atom is 0.277 e. The van der Waals surface area contributed by atoms with E-state index >= 15 is 0 Å². The highest BCUT2D eigenvalue weighted by atomic mass is 35.5. The molecular weight excluding hydrogens is 412 g/mol. The molecule has 0 saturated carbocycles. The lowest BCUT2D eigenvalue weighted by atomic mass is 10.1. The molecular formula is C25H25ClN2O3. The molecule has 0 aliphatic carbocycles. The predicted molar refractivity (Wildman–Crippen MR) is 124 cm³/mol. The second kappa shape index (κ2) is 10.6. The number of rotatable bonds is 8. The number of nitrogens with zero attached hydrogens (tertiary/aromatic N) is 1. The zero-order valence-electron chi connectivity index (χ0n) is 17.8. The van der Waals surface area contributed by atoms with Gasteiger partial charge in [-0.3, -0.25) is 4.79 Å². The van der Waals surface area contributed by atoms with Crippen LogP contribution in [0.25, 0.3) is 0 Å². The summed E-state index contributed by atoms with van der Waals surface area (Å²) in [5.41, 5.74) is 7.49. The molecule has 0 radical (unpaired) electrons. The molecule has 3 aromatic rings. The lowest BCUT2D eigenvalue weighted by Crippen LogP contribution is -2.24. The molecule has 0 saturated heterocycles. The number of amides is 1. The van der Waals surface area contributed by atoms with Gasteiger partial charge in [-0.05, 0) is 79.4 Å². The summed E-state index contributed by atoms with van der Waals surface area (Å²) in [6.45, 7) is 6.28. The van der Waals surface area contributed by atoms with Crippen molar-refractivity contribution in [3.8, 4) is 11.5 Å². The first kappa shape index (κ1) is 22.4. The van der Waals surface area contributed by atoms with E-state index in [1.54, 1.807) is 6.21 Å². The van der Waals surface area contributed by atoms with E-state index in [0.29, 0.717) is 17.4 Å². The van der Waals surface area contributed by atoms with Crippen LogP contribution in [0.5, 0.6) is 11.5 Å². The first-order valence-corrected chi connectivity index (χ1v) is 10.3. The third kappa shape index (κ3) is 6.59. The summed E-state index contributed by atoms with van der Waals surface area (Å²) in [5, 5.41) is 4.66. The molecule has 5 nitrogen and oxygen atoms in total. The molecule has 1 amide bonds. The molecule has 0 heterocycles. The Balaban J connectivity index is 1.46. The number of hydrogen-bond acceptors (Lipinski definition) is 4. The smallest absolute Gasteiger partial charge is 0.277 e. The van der Waals surface area contributed by atoms with Gasteiger partial charge in [0.15, 0.2) is 6.61 Å². The Morgan fingerprint density at radius 1 is 1.03 bits per heavy atom. The predicted octanol–water partition coefficient (Wildman–Crippen LogP) is 5.37. The molecule has 160 valence electrons. The van der Waals surface area contributed by atoms with E-state index in [1.807, 2.05) is 75.4 Å². The Hall–Kier alpha value is -3.31. The standard InChI is InChI=1S/C25H25ClN2O3/c1-17-12-18(2)19(3)24(13-17)31-16-25(29)28-27-14-20-8-10-22(11-9-20)30-15-21-6-4-5-7-23(21)26/h4-14H,15-16H2,1-3H3,(H,28,29)/b27-14+. The summed E-state index contributed by atoms with van der Waals surface area (Å²) < 4.78 is 11.4. The fourth-order valence-electron chi connectivity index (χ4n) is 2.93. The topological polar surface area (TPSA) is 59.9 Å². The van der Waals surface area contributed by atoms with E-state index < -0.39 is 0 Å². The van der Waals surface area contributed by atoms with Crippen LogP contribution >= 0.6 is 11.6 Å². The van der Waals surface area contributed by atoms with E-state index in [-0.39, 0.29) is 12.5 Å². The van der Waals surface area contributed by atoms with Gasteiger partial charge in [0, 0.05) is 10.6 Å². The third-order valence-corrected chi connectivity index (χ3v) is 5.13. The lowest BCUT2D eigenvalue weighted by molar-refractivity contribution is -0.123. The van der Waals surface area contributed by atoms with Gasteiger partial charge in [0.05, 0.1) is 6.21 Å². The van der Waals surface area contributed by atoms with Crippen LogP contribution in [0.15, 0.2) is 65.8 Å². The maximum absolute atomic E-state index is 12.0. The number of hydrogen-bond donors (Lipinski definition) is 1. The van der Waals surface area contributed by atoms with Crippen LogP contribution in [0.4, 0.5) is 0 Å². The highest BCUT2D eigenvalue weighted by Gasteiger charge is 2.07. The van der Waals surface area contributed by atoms with Crippen molar-refractivity contribution in [2.24, 2.45) is 5.10 Å². The molecule has 0 spiro atoms. The van der Waals surface area contributed by atoms with Crippen molar-refractivity contribution in [2.75, 3.05) is 6.61 Å². The fraction of sp³-hybridized carbons (Fsp3) is 0.200. The van der Waals surface area contributed by atoms with Gasteiger partial charge in [0.25, 0.3) is 5.91 Å². The number of ether oxygens (including phenoxy) is 2. The first-order valence-electron chi connectivity index (χ1n) is 9.91. The van der Waals surface area contributed by atoms with Crippen molar-refractivity contribution in [2.45, 2.75) is 27.4 Å². The Bertz CT molecular complexity index is 1080. The summed E-state index contributed by atoms with van der Waals surface area (Å²) in [6.07, 6.45) is 1.57. The van der Waals surface area contributed by atoms with Gasteiger partial charge in [-0.15, -0.1) is 0 Å². The highest BCUT2D eigenvalue weighted by Crippen LogP contribution is 2.23. The lowest BCUT2D eigenvalue weighted by Gasteiger charge is -2.11. The number of aryl methyl sites for hydroxylation is 2. The number of nitrogens with one attached hydrogen (secondary N) is 1. The van der Waals surface area contributed by atoms with Gasteiger partial charge < -0.3 is 9.47 Å². The Kier molecular flexibility index (Phi) is 7.68. The van der Waals surface area contributed by atoms with Crippen LogP contribution in [0, 0.1) is 20.8 Å². The average Bonchev–Trinajstić information content (AvgIpc) is 2.75. The maximum atomic E-state index is 12.0. The number of hydrazone groups is 1. The molecule has 0 bridgehead atoms. The Labute approximate surface area is 187 Å². The van der Waals surface area contributed by atoms with E-state index in [9.17, 15) is 4.79 Å². The third-order valence-electron chi connectivity index (χ3n) is 4.76. The van der Waals surface area contributed by atoms with Gasteiger partial charge in [-0.2, -0.15) is 5.10 Å². The Morgan fingerprint density at radius 2 is 1.77 bits per heavy atom. The molecule has 6 heteroatoms. The molecule has 0 atom stereocenters. The highest BCUT2D eigenvalue weighted by molar-refractivity contribution is 6.31. The van der Waals surface area contributed by atoms with Gasteiger partial charge in [-0.1, -0.05) is 35.9 Å². The van der Waals surface area contributed by atoms with E-state index in [1.165, 1.54) is 0 Å². The van der Waals surface area contributed by atoms with Crippen molar-refractivity contribution in [3.63, 3.8) is 0 Å². The quantitative estimate of drug-likeness (QED) is 0.381. The molecule has 0 unspecified atom stereocenters. The molecule has 0 fully saturated rings. The minimum atomic E-state index is -0.325. The summed E-state index contributed by atoms with van der Waals surface area (Å²) >= 11 is 6.14. The molecule has 31 heavy (non-hydrogen) atoms. The van der Waals surface area contributed by atoms with E-state index in [2.05, 4.69) is 16.6 Å². The van der Waals surface area contributed by atoms with Crippen LogP contribution in [0.1, 0.15) is 27.8 Å². The van der Waals surface area contributed by atoms with E-state index in [4.69, 9.17) is 21.1 Å². The fourth-order valence-corrected chi connectivity index (χ4v) is 3.12. The number of carbonyl (C=O) groups excluding carboxylic acids is 1. The summed E-state index contributed by atoms with van der Waals surface area (Å²) in [7, 11) is 0. The minimum absolute atomic E-state index is 0.101. The van der Waals surface area contributed by atoms with E-state index in [0.717, 1.165) is 33.6 Å². The SMILES string of the molecule is Cc1cc(C)c(C)c(OCC(=O)N/N=C/c2ccc(OCc3ccccc3Cl)cc2)c1. The summed E-state index contributed by atoms with van der Waals surface area (Å²) in [5.74, 6) is 1.11. The normalized spacial score (nSPS) is 10.8. The number of benzene rings is 3. The molecule has 3 rings (SSSR count). The van der Waals surface area contributed by atoms with Crippen LogP contribution < -0.4 is 14.9 Å². The van der Waals surface area contributed by atoms with Crippen molar-refractivity contribution in [1.29, 1.82) is 0 Å².